The van der Waals surface area contributed by atoms with Gasteiger partial charge in [-0.25, -0.2) is 9.98 Å². The molecular weight excluding hydrogens is 402 g/mol. The molecule has 168 valence electrons. The molecule has 7 nitrogen and oxygen atoms in total. The van der Waals surface area contributed by atoms with E-state index in [0.29, 0.717) is 30.5 Å². The predicted octanol–water partition coefficient (Wildman–Crippen LogP) is 3.65. The van der Waals surface area contributed by atoms with Gasteiger partial charge >= 0.3 is 0 Å². The quantitative estimate of drug-likeness (QED) is 0.419. The molecule has 0 aliphatic rings. The van der Waals surface area contributed by atoms with Crippen LogP contribution in [0, 0.1) is 6.92 Å². The minimum atomic E-state index is 0.00679. The van der Waals surface area contributed by atoms with Crippen LogP contribution in [0.15, 0.2) is 64.2 Å². The summed E-state index contributed by atoms with van der Waals surface area (Å²) in [5, 5.41) is 6.59. The molecule has 1 heterocycles. The summed E-state index contributed by atoms with van der Waals surface area (Å²) < 4.78 is 5.62. The molecule has 0 bridgehead atoms. The molecule has 0 aliphatic carbocycles. The maximum absolute atomic E-state index is 12.2. The third-order valence-corrected chi connectivity index (χ3v) is 4.88. The van der Waals surface area contributed by atoms with Gasteiger partial charge in [-0.2, -0.15) is 0 Å². The Bertz CT molecular complexity index is 1050. The van der Waals surface area contributed by atoms with E-state index < -0.39 is 0 Å². The molecule has 0 saturated carbocycles. The molecule has 0 spiro atoms. The van der Waals surface area contributed by atoms with Crippen molar-refractivity contribution in [2.24, 2.45) is 4.99 Å². The number of amides is 1. The molecule has 0 fully saturated rings. The van der Waals surface area contributed by atoms with E-state index in [1.54, 1.807) is 25.3 Å². The van der Waals surface area contributed by atoms with Crippen LogP contribution in [0.4, 0.5) is 0 Å². The normalized spacial score (nSPS) is 11.3. The number of aromatic nitrogens is 1. The Kier molecular flexibility index (Phi) is 8.02. The lowest BCUT2D eigenvalue weighted by molar-refractivity contribution is 0.0827. The van der Waals surface area contributed by atoms with Crippen molar-refractivity contribution in [3.05, 3.63) is 77.2 Å². The highest BCUT2D eigenvalue weighted by Gasteiger charge is 2.09. The SMILES string of the molecule is CCNC(=NCc1coc(-c2ccc(C)cc2)n1)NCCc1cccc(C(=O)N(C)C)c1. The summed E-state index contributed by atoms with van der Waals surface area (Å²) in [4.78, 5) is 22.9. The van der Waals surface area contributed by atoms with Crippen molar-refractivity contribution in [1.29, 1.82) is 0 Å². The highest BCUT2D eigenvalue weighted by molar-refractivity contribution is 5.94. The van der Waals surface area contributed by atoms with Crippen LogP contribution in [0.25, 0.3) is 11.5 Å². The fraction of sp³-hybridized carbons (Fsp3) is 0.320. The Morgan fingerprint density at radius 1 is 1.12 bits per heavy atom. The summed E-state index contributed by atoms with van der Waals surface area (Å²) in [6.07, 6.45) is 2.43. The second-order valence-electron chi connectivity index (χ2n) is 7.78. The third-order valence-electron chi connectivity index (χ3n) is 4.88. The highest BCUT2D eigenvalue weighted by Crippen LogP contribution is 2.19. The average molecular weight is 434 g/mol. The minimum Gasteiger partial charge on any atom is -0.444 e. The molecular formula is C25H31N5O2. The molecule has 0 radical (unpaired) electrons. The molecule has 2 N–H and O–H groups in total. The molecule has 0 atom stereocenters. The molecule has 7 heteroatoms. The molecule has 3 rings (SSSR count). The molecule has 3 aromatic rings. The smallest absolute Gasteiger partial charge is 0.253 e. The van der Waals surface area contributed by atoms with E-state index in [4.69, 9.17) is 4.42 Å². The third kappa shape index (κ3) is 6.44. The van der Waals surface area contributed by atoms with Crippen LogP contribution >= 0.6 is 0 Å². The van der Waals surface area contributed by atoms with Crippen LogP contribution in [-0.2, 0) is 13.0 Å². The van der Waals surface area contributed by atoms with Crippen molar-refractivity contribution in [2.45, 2.75) is 26.8 Å². The number of carbonyl (C=O) groups excluding carboxylic acids is 1. The van der Waals surface area contributed by atoms with Crippen molar-refractivity contribution >= 4 is 11.9 Å². The van der Waals surface area contributed by atoms with Crippen LogP contribution in [-0.4, -0.2) is 48.9 Å². The topological polar surface area (TPSA) is 82.8 Å². The summed E-state index contributed by atoms with van der Waals surface area (Å²) in [6, 6.07) is 15.8. The Balaban J connectivity index is 1.57. The first-order chi connectivity index (χ1) is 15.5. The van der Waals surface area contributed by atoms with Crippen LogP contribution in [0.5, 0.6) is 0 Å². The van der Waals surface area contributed by atoms with E-state index in [-0.39, 0.29) is 5.91 Å². The molecule has 0 unspecified atom stereocenters. The second-order valence-corrected chi connectivity index (χ2v) is 7.78. The zero-order valence-corrected chi connectivity index (χ0v) is 19.2. The zero-order chi connectivity index (χ0) is 22.9. The average Bonchev–Trinajstić information content (AvgIpc) is 3.26. The second kappa shape index (κ2) is 11.1. The predicted molar refractivity (Wildman–Crippen MR) is 128 cm³/mol. The number of guanidine groups is 1. The lowest BCUT2D eigenvalue weighted by atomic mass is 10.1. The molecule has 0 saturated heterocycles. The largest absolute Gasteiger partial charge is 0.444 e. The maximum Gasteiger partial charge on any atom is 0.253 e. The van der Waals surface area contributed by atoms with Crippen LogP contribution < -0.4 is 10.6 Å². The number of nitrogens with one attached hydrogen (secondary N) is 2. The first-order valence-corrected chi connectivity index (χ1v) is 10.8. The monoisotopic (exact) mass is 433 g/mol. The Morgan fingerprint density at radius 3 is 2.62 bits per heavy atom. The summed E-state index contributed by atoms with van der Waals surface area (Å²) in [6.45, 7) is 5.94. The van der Waals surface area contributed by atoms with Gasteiger partial charge in [0.1, 0.15) is 12.0 Å². The van der Waals surface area contributed by atoms with Gasteiger partial charge in [0.2, 0.25) is 5.89 Å². The number of hydrogen-bond donors (Lipinski definition) is 2. The Labute approximate surface area is 189 Å². The summed E-state index contributed by atoms with van der Waals surface area (Å²) >= 11 is 0. The van der Waals surface area contributed by atoms with E-state index >= 15 is 0 Å². The number of carbonyl (C=O) groups is 1. The fourth-order valence-electron chi connectivity index (χ4n) is 3.15. The lowest BCUT2D eigenvalue weighted by Crippen LogP contribution is -2.38. The number of nitrogens with zero attached hydrogens (tertiary/aromatic N) is 3. The van der Waals surface area contributed by atoms with Crippen molar-refractivity contribution in [1.82, 2.24) is 20.5 Å². The van der Waals surface area contributed by atoms with E-state index in [2.05, 4.69) is 27.5 Å². The number of rotatable bonds is 8. The molecule has 1 aromatic heterocycles. The van der Waals surface area contributed by atoms with Crippen molar-refractivity contribution in [3.8, 4) is 11.5 Å². The summed E-state index contributed by atoms with van der Waals surface area (Å²) in [5.74, 6) is 1.32. The molecule has 2 aromatic carbocycles. The van der Waals surface area contributed by atoms with E-state index in [0.717, 1.165) is 29.8 Å². The van der Waals surface area contributed by atoms with Crippen molar-refractivity contribution < 1.29 is 9.21 Å². The van der Waals surface area contributed by atoms with Gasteiger partial charge in [0, 0.05) is 38.3 Å². The number of aryl methyl sites for hydroxylation is 1. The van der Waals surface area contributed by atoms with E-state index in [1.807, 2.05) is 55.5 Å². The standard InChI is InChI=1S/C25H31N5O2/c1-5-26-25(27-14-13-19-7-6-8-21(15-19)24(31)30(3)4)28-16-22-17-32-23(29-22)20-11-9-18(2)10-12-20/h6-12,15,17H,5,13-14,16H2,1-4H3,(H2,26,27,28). The van der Waals surface area contributed by atoms with Crippen LogP contribution in [0.1, 0.15) is 34.1 Å². The first-order valence-electron chi connectivity index (χ1n) is 10.8. The van der Waals surface area contributed by atoms with Gasteiger partial charge < -0.3 is 20.0 Å². The fourth-order valence-corrected chi connectivity index (χ4v) is 3.15. The van der Waals surface area contributed by atoms with Gasteiger partial charge in [0.25, 0.3) is 5.91 Å². The zero-order valence-electron chi connectivity index (χ0n) is 19.2. The molecule has 32 heavy (non-hydrogen) atoms. The lowest BCUT2D eigenvalue weighted by Gasteiger charge is -2.13. The van der Waals surface area contributed by atoms with E-state index in [1.165, 1.54) is 5.56 Å². The van der Waals surface area contributed by atoms with Gasteiger partial charge in [0.05, 0.1) is 6.54 Å². The number of aliphatic imine (C=N–C) groups is 1. The maximum atomic E-state index is 12.2. The Hall–Kier alpha value is -3.61. The number of oxazole rings is 1. The van der Waals surface area contributed by atoms with Gasteiger partial charge in [-0.05, 0) is 50.1 Å². The van der Waals surface area contributed by atoms with Gasteiger partial charge in [-0.1, -0.05) is 29.8 Å². The molecule has 1 amide bonds. The van der Waals surface area contributed by atoms with Crippen molar-refractivity contribution in [2.75, 3.05) is 27.2 Å². The molecule has 0 aliphatic heterocycles. The number of hydrogen-bond acceptors (Lipinski definition) is 4. The van der Waals surface area contributed by atoms with Gasteiger partial charge in [-0.15, -0.1) is 0 Å². The first kappa shape index (κ1) is 23.1. The van der Waals surface area contributed by atoms with Crippen LogP contribution in [0.3, 0.4) is 0 Å². The summed E-state index contributed by atoms with van der Waals surface area (Å²) in [7, 11) is 3.52. The minimum absolute atomic E-state index is 0.00679. The van der Waals surface area contributed by atoms with E-state index in [9.17, 15) is 4.79 Å². The highest BCUT2D eigenvalue weighted by atomic mass is 16.3. The van der Waals surface area contributed by atoms with Gasteiger partial charge in [0.15, 0.2) is 5.96 Å². The van der Waals surface area contributed by atoms with Crippen molar-refractivity contribution in [3.63, 3.8) is 0 Å². The van der Waals surface area contributed by atoms with Gasteiger partial charge in [-0.3, -0.25) is 4.79 Å². The number of benzene rings is 2. The summed E-state index contributed by atoms with van der Waals surface area (Å²) in [5.41, 5.74) is 4.71. The Morgan fingerprint density at radius 2 is 1.91 bits per heavy atom. The van der Waals surface area contributed by atoms with Crippen LogP contribution in [0.2, 0.25) is 0 Å².